The molecule has 3 rings (SSSR count). The van der Waals surface area contributed by atoms with Crippen LogP contribution in [0.2, 0.25) is 5.02 Å². The smallest absolute Gasteiger partial charge is 0.320 e. The standard InChI is InChI=1S/C16H14ClNO4S3/c1-21-14(19)10-9(7-3-5-8(17)6-4-7)11-13(18-16(23)25-11)24-12(10)15(20)22-2/h3-6,9-10,12H,1-2H3,(H,18,23). The summed E-state index contributed by atoms with van der Waals surface area (Å²) in [6.07, 6.45) is 0. The summed E-state index contributed by atoms with van der Waals surface area (Å²) in [4.78, 5) is 28.9. The SMILES string of the molecule is COC(=O)C1Sc2[nH]c(=S)sc2C(c2ccc(Cl)cc2)C1C(=O)OC. The van der Waals surface area contributed by atoms with E-state index in [1.165, 1.54) is 37.3 Å². The molecule has 0 bridgehead atoms. The second-order valence-corrected chi connectivity index (χ2v) is 8.65. The lowest BCUT2D eigenvalue weighted by atomic mass is 9.82. The van der Waals surface area contributed by atoms with Gasteiger partial charge in [0.1, 0.15) is 5.25 Å². The number of ether oxygens (including phenoxy) is 2. The topological polar surface area (TPSA) is 68.4 Å². The van der Waals surface area contributed by atoms with Gasteiger partial charge in [0.2, 0.25) is 0 Å². The predicted molar refractivity (Wildman–Crippen MR) is 100.0 cm³/mol. The predicted octanol–water partition coefficient (Wildman–Crippen LogP) is 4.03. The molecule has 0 amide bonds. The minimum Gasteiger partial charge on any atom is -0.469 e. The van der Waals surface area contributed by atoms with Gasteiger partial charge in [-0.1, -0.05) is 35.5 Å². The largest absolute Gasteiger partial charge is 0.469 e. The summed E-state index contributed by atoms with van der Waals surface area (Å²) < 4.78 is 10.5. The molecule has 1 aliphatic heterocycles. The van der Waals surface area contributed by atoms with Gasteiger partial charge in [0.25, 0.3) is 0 Å². The van der Waals surface area contributed by atoms with Gasteiger partial charge in [0.05, 0.1) is 25.2 Å². The van der Waals surface area contributed by atoms with Gasteiger partial charge in [0.15, 0.2) is 3.95 Å². The molecule has 2 heterocycles. The summed E-state index contributed by atoms with van der Waals surface area (Å²) in [5.41, 5.74) is 0.862. The Morgan fingerprint density at radius 2 is 1.80 bits per heavy atom. The summed E-state index contributed by atoms with van der Waals surface area (Å²) in [7, 11) is 2.62. The van der Waals surface area contributed by atoms with Gasteiger partial charge in [-0.2, -0.15) is 0 Å². The van der Waals surface area contributed by atoms with E-state index in [1.54, 1.807) is 12.1 Å². The van der Waals surface area contributed by atoms with Crippen LogP contribution in [0.1, 0.15) is 16.4 Å². The molecule has 1 aliphatic rings. The number of methoxy groups -OCH3 is 2. The van der Waals surface area contributed by atoms with Crippen LogP contribution in [0.5, 0.6) is 0 Å². The molecule has 3 atom stereocenters. The molecule has 9 heteroatoms. The summed E-state index contributed by atoms with van der Waals surface area (Å²) in [6.45, 7) is 0. The third-order valence-electron chi connectivity index (χ3n) is 3.99. The third-order valence-corrected chi connectivity index (χ3v) is 6.99. The number of nitrogens with one attached hydrogen (secondary N) is 1. The maximum absolute atomic E-state index is 12.6. The maximum Gasteiger partial charge on any atom is 0.320 e. The lowest BCUT2D eigenvalue weighted by Crippen LogP contribution is -2.40. The molecule has 1 aromatic carbocycles. The van der Waals surface area contributed by atoms with Crippen molar-refractivity contribution in [2.45, 2.75) is 16.2 Å². The fraction of sp³-hybridized carbons (Fsp3) is 0.312. The van der Waals surface area contributed by atoms with Crippen LogP contribution in [0.3, 0.4) is 0 Å². The number of fused-ring (bicyclic) bond motifs is 1. The number of H-pyrrole nitrogens is 1. The van der Waals surface area contributed by atoms with Crippen LogP contribution in [0, 0.1) is 9.87 Å². The number of hydrogen-bond acceptors (Lipinski definition) is 7. The van der Waals surface area contributed by atoms with Crippen LogP contribution in [0.25, 0.3) is 0 Å². The first-order chi connectivity index (χ1) is 12.0. The van der Waals surface area contributed by atoms with Crippen LogP contribution in [0.15, 0.2) is 29.3 Å². The molecule has 5 nitrogen and oxygen atoms in total. The van der Waals surface area contributed by atoms with Gasteiger partial charge in [0, 0.05) is 15.8 Å². The lowest BCUT2D eigenvalue weighted by Gasteiger charge is -2.34. The number of aromatic amines is 1. The number of thioether (sulfide) groups is 1. The van der Waals surface area contributed by atoms with Crippen molar-refractivity contribution in [1.29, 1.82) is 0 Å². The van der Waals surface area contributed by atoms with E-state index in [1.807, 2.05) is 12.1 Å². The molecule has 132 valence electrons. The zero-order valence-electron chi connectivity index (χ0n) is 13.3. The molecule has 0 saturated carbocycles. The number of carbonyl (C=O) groups excluding carboxylic acids is 2. The number of esters is 2. The molecule has 0 fully saturated rings. The Morgan fingerprint density at radius 1 is 1.16 bits per heavy atom. The Morgan fingerprint density at radius 3 is 2.40 bits per heavy atom. The Balaban J connectivity index is 2.20. The lowest BCUT2D eigenvalue weighted by molar-refractivity contribution is -0.151. The van der Waals surface area contributed by atoms with Gasteiger partial charge in [-0.05, 0) is 29.9 Å². The summed E-state index contributed by atoms with van der Waals surface area (Å²) in [5.74, 6) is -2.04. The van der Waals surface area contributed by atoms with Crippen molar-refractivity contribution in [3.8, 4) is 0 Å². The van der Waals surface area contributed by atoms with E-state index in [-0.39, 0.29) is 5.92 Å². The van der Waals surface area contributed by atoms with E-state index in [9.17, 15) is 9.59 Å². The number of hydrogen-bond donors (Lipinski definition) is 1. The molecule has 3 unspecified atom stereocenters. The highest BCUT2D eigenvalue weighted by Crippen LogP contribution is 2.50. The Bertz CT molecular complexity index is 861. The quantitative estimate of drug-likeness (QED) is 0.603. The third kappa shape index (κ3) is 3.48. The number of thiazole rings is 1. The molecule has 2 aromatic rings. The summed E-state index contributed by atoms with van der Waals surface area (Å²) >= 11 is 13.9. The number of rotatable bonds is 3. The molecular formula is C16H14ClNO4S3. The molecular weight excluding hydrogens is 402 g/mol. The van der Waals surface area contributed by atoms with E-state index < -0.39 is 23.1 Å². The number of halogens is 1. The highest BCUT2D eigenvalue weighted by Gasteiger charge is 2.48. The molecule has 0 radical (unpaired) electrons. The average molecular weight is 416 g/mol. The molecule has 1 aromatic heterocycles. The van der Waals surface area contributed by atoms with Crippen LogP contribution in [-0.4, -0.2) is 36.4 Å². The minimum atomic E-state index is -0.731. The number of benzene rings is 1. The highest BCUT2D eigenvalue weighted by atomic mass is 35.5. The second-order valence-electron chi connectivity index (χ2n) is 5.35. The van der Waals surface area contributed by atoms with Gasteiger partial charge < -0.3 is 14.5 Å². The van der Waals surface area contributed by atoms with Gasteiger partial charge in [-0.25, -0.2) is 0 Å². The first kappa shape index (κ1) is 18.4. The van der Waals surface area contributed by atoms with E-state index in [0.717, 1.165) is 15.5 Å². The second kappa shape index (κ2) is 7.49. The van der Waals surface area contributed by atoms with Crippen molar-refractivity contribution in [3.05, 3.63) is 43.7 Å². The summed E-state index contributed by atoms with van der Waals surface area (Å²) in [6, 6.07) is 7.21. The van der Waals surface area contributed by atoms with E-state index in [4.69, 9.17) is 33.3 Å². The van der Waals surface area contributed by atoms with Gasteiger partial charge >= 0.3 is 11.9 Å². The number of carbonyl (C=O) groups is 2. The van der Waals surface area contributed by atoms with Crippen LogP contribution >= 0.6 is 46.9 Å². The van der Waals surface area contributed by atoms with Crippen molar-refractivity contribution >= 4 is 58.9 Å². The first-order valence-electron chi connectivity index (χ1n) is 7.27. The van der Waals surface area contributed by atoms with Gasteiger partial charge in [-0.15, -0.1) is 11.3 Å². The molecule has 0 saturated heterocycles. The maximum atomic E-state index is 12.6. The van der Waals surface area contributed by atoms with Crippen LogP contribution < -0.4 is 0 Å². The summed E-state index contributed by atoms with van der Waals surface area (Å²) in [5, 5.41) is 0.645. The van der Waals surface area contributed by atoms with E-state index in [0.29, 0.717) is 8.98 Å². The number of aromatic nitrogens is 1. The Hall–Kier alpha value is -1.35. The van der Waals surface area contributed by atoms with E-state index in [2.05, 4.69) is 4.98 Å². The minimum absolute atomic E-state index is 0.372. The molecule has 25 heavy (non-hydrogen) atoms. The van der Waals surface area contributed by atoms with Crippen molar-refractivity contribution in [1.82, 2.24) is 4.98 Å². The first-order valence-corrected chi connectivity index (χ1v) is 9.75. The zero-order valence-corrected chi connectivity index (χ0v) is 16.5. The monoisotopic (exact) mass is 415 g/mol. The van der Waals surface area contributed by atoms with Crippen molar-refractivity contribution in [2.24, 2.45) is 5.92 Å². The molecule has 0 spiro atoms. The van der Waals surface area contributed by atoms with E-state index >= 15 is 0 Å². The normalized spacial score (nSPS) is 22.1. The Kier molecular flexibility index (Phi) is 5.52. The fourth-order valence-corrected chi connectivity index (χ4v) is 5.96. The Labute approximate surface area is 162 Å². The van der Waals surface area contributed by atoms with Crippen molar-refractivity contribution in [3.63, 3.8) is 0 Å². The van der Waals surface area contributed by atoms with Crippen LogP contribution in [0.4, 0.5) is 0 Å². The highest BCUT2D eigenvalue weighted by molar-refractivity contribution is 8.00. The average Bonchev–Trinajstić information content (AvgIpc) is 2.99. The van der Waals surface area contributed by atoms with Crippen LogP contribution in [-0.2, 0) is 19.1 Å². The van der Waals surface area contributed by atoms with Gasteiger partial charge in [-0.3, -0.25) is 9.59 Å². The van der Waals surface area contributed by atoms with Crippen molar-refractivity contribution in [2.75, 3.05) is 14.2 Å². The van der Waals surface area contributed by atoms with Crippen molar-refractivity contribution < 1.29 is 19.1 Å². The molecule has 0 aliphatic carbocycles. The zero-order chi connectivity index (χ0) is 18.1. The fourth-order valence-electron chi connectivity index (χ4n) is 2.89. The molecule has 1 N–H and O–H groups in total.